The summed E-state index contributed by atoms with van der Waals surface area (Å²) in [5.41, 5.74) is 0. The SMILES string of the molecule is CCCCCCCCCCCCCCCCCCCCC(=O)NC(CO)C(O)CCCCC. The predicted octanol–water partition coefficient (Wildman–Crippen LogP) is 7.84. The molecule has 0 fully saturated rings. The van der Waals surface area contributed by atoms with Crippen molar-refractivity contribution in [3.63, 3.8) is 0 Å². The lowest BCUT2D eigenvalue weighted by Crippen LogP contribution is -2.45. The minimum atomic E-state index is -0.647. The van der Waals surface area contributed by atoms with Gasteiger partial charge >= 0.3 is 0 Å². The first-order valence-corrected chi connectivity index (χ1v) is 14.7. The van der Waals surface area contributed by atoms with Gasteiger partial charge in [0.25, 0.3) is 0 Å². The van der Waals surface area contributed by atoms with Crippen molar-refractivity contribution in [2.45, 2.75) is 174 Å². The molecule has 0 spiro atoms. The highest BCUT2D eigenvalue weighted by Gasteiger charge is 2.19. The Hall–Kier alpha value is -0.610. The first-order chi connectivity index (χ1) is 16.2. The molecule has 1 amide bonds. The van der Waals surface area contributed by atoms with Crippen LogP contribution in [0.4, 0.5) is 0 Å². The molecule has 0 aromatic carbocycles. The van der Waals surface area contributed by atoms with Gasteiger partial charge in [0.15, 0.2) is 0 Å². The van der Waals surface area contributed by atoms with Gasteiger partial charge in [-0.1, -0.05) is 142 Å². The molecule has 2 atom stereocenters. The van der Waals surface area contributed by atoms with Crippen molar-refractivity contribution >= 4 is 5.91 Å². The number of aliphatic hydroxyl groups is 2. The summed E-state index contributed by atoms with van der Waals surface area (Å²) in [6, 6.07) is -0.523. The molecule has 0 bridgehead atoms. The molecule has 0 aliphatic carbocycles. The minimum absolute atomic E-state index is 0.0416. The number of aliphatic hydroxyl groups excluding tert-OH is 2. The van der Waals surface area contributed by atoms with Gasteiger partial charge in [-0.25, -0.2) is 0 Å². The number of hydrogen-bond donors (Lipinski definition) is 3. The molecule has 0 aliphatic heterocycles. The molecule has 0 heterocycles. The fraction of sp³-hybridized carbons (Fsp3) is 0.966. The van der Waals surface area contributed by atoms with E-state index in [9.17, 15) is 15.0 Å². The van der Waals surface area contributed by atoms with Gasteiger partial charge in [-0.15, -0.1) is 0 Å². The molecule has 0 rings (SSSR count). The lowest BCUT2D eigenvalue weighted by molar-refractivity contribution is -0.123. The average molecular weight is 470 g/mol. The maximum atomic E-state index is 12.1. The largest absolute Gasteiger partial charge is 0.394 e. The van der Waals surface area contributed by atoms with Crippen LogP contribution in [0.25, 0.3) is 0 Å². The predicted molar refractivity (Wildman–Crippen MR) is 143 cm³/mol. The van der Waals surface area contributed by atoms with Gasteiger partial charge in [0, 0.05) is 6.42 Å². The van der Waals surface area contributed by atoms with E-state index in [4.69, 9.17) is 0 Å². The molecular weight excluding hydrogens is 410 g/mol. The van der Waals surface area contributed by atoms with Crippen molar-refractivity contribution in [1.29, 1.82) is 0 Å². The molecule has 0 saturated heterocycles. The summed E-state index contributed by atoms with van der Waals surface area (Å²) >= 11 is 0. The van der Waals surface area contributed by atoms with Crippen molar-refractivity contribution in [3.05, 3.63) is 0 Å². The molecule has 4 heteroatoms. The summed E-state index contributed by atoms with van der Waals surface area (Å²) < 4.78 is 0. The fourth-order valence-electron chi connectivity index (χ4n) is 4.53. The second-order valence-corrected chi connectivity index (χ2v) is 10.2. The zero-order valence-electron chi connectivity index (χ0n) is 22.4. The topological polar surface area (TPSA) is 69.6 Å². The van der Waals surface area contributed by atoms with Crippen molar-refractivity contribution in [3.8, 4) is 0 Å². The highest BCUT2D eigenvalue weighted by atomic mass is 16.3. The van der Waals surface area contributed by atoms with E-state index >= 15 is 0 Å². The lowest BCUT2D eigenvalue weighted by atomic mass is 10.0. The van der Waals surface area contributed by atoms with Crippen molar-refractivity contribution < 1.29 is 15.0 Å². The molecule has 0 radical (unpaired) electrons. The van der Waals surface area contributed by atoms with Crippen LogP contribution in [-0.2, 0) is 4.79 Å². The van der Waals surface area contributed by atoms with Crippen LogP contribution in [0.15, 0.2) is 0 Å². The smallest absolute Gasteiger partial charge is 0.220 e. The quantitative estimate of drug-likeness (QED) is 0.113. The summed E-state index contributed by atoms with van der Waals surface area (Å²) in [6.45, 7) is 4.21. The van der Waals surface area contributed by atoms with Gasteiger partial charge in [-0.05, 0) is 12.8 Å². The Labute approximate surface area is 206 Å². The van der Waals surface area contributed by atoms with Gasteiger partial charge in [0.05, 0.1) is 18.8 Å². The summed E-state index contributed by atoms with van der Waals surface area (Å²) in [6.07, 6.45) is 27.7. The van der Waals surface area contributed by atoms with Crippen molar-refractivity contribution in [1.82, 2.24) is 5.32 Å². The van der Waals surface area contributed by atoms with E-state index in [0.717, 1.165) is 32.1 Å². The Morgan fingerprint density at radius 1 is 0.606 bits per heavy atom. The Bertz CT molecular complexity index is 402. The molecule has 33 heavy (non-hydrogen) atoms. The molecule has 0 aliphatic rings. The fourth-order valence-corrected chi connectivity index (χ4v) is 4.53. The molecule has 0 aromatic rings. The summed E-state index contributed by atoms with van der Waals surface area (Å²) in [4.78, 5) is 12.1. The number of amides is 1. The van der Waals surface area contributed by atoms with Crippen LogP contribution in [0.3, 0.4) is 0 Å². The normalized spacial score (nSPS) is 13.2. The Balaban J connectivity index is 3.39. The van der Waals surface area contributed by atoms with Gasteiger partial charge in [-0.3, -0.25) is 4.79 Å². The number of unbranched alkanes of at least 4 members (excludes halogenated alkanes) is 19. The molecule has 0 saturated carbocycles. The van der Waals surface area contributed by atoms with E-state index in [-0.39, 0.29) is 12.5 Å². The zero-order chi connectivity index (χ0) is 24.4. The third kappa shape index (κ3) is 22.9. The second kappa shape index (κ2) is 26.0. The van der Waals surface area contributed by atoms with E-state index in [2.05, 4.69) is 19.2 Å². The van der Waals surface area contributed by atoms with Crippen LogP contribution >= 0.6 is 0 Å². The first-order valence-electron chi connectivity index (χ1n) is 14.7. The Morgan fingerprint density at radius 3 is 1.36 bits per heavy atom. The second-order valence-electron chi connectivity index (χ2n) is 10.2. The third-order valence-electron chi connectivity index (χ3n) is 6.87. The molecule has 4 nitrogen and oxygen atoms in total. The van der Waals surface area contributed by atoms with E-state index in [0.29, 0.717) is 12.8 Å². The Kier molecular flexibility index (Phi) is 25.5. The van der Waals surface area contributed by atoms with Crippen LogP contribution in [-0.4, -0.2) is 34.9 Å². The Morgan fingerprint density at radius 2 is 0.970 bits per heavy atom. The molecule has 198 valence electrons. The first kappa shape index (κ1) is 32.4. The molecule has 0 aromatic heterocycles. The van der Waals surface area contributed by atoms with Crippen LogP contribution in [0.1, 0.15) is 162 Å². The third-order valence-corrected chi connectivity index (χ3v) is 6.87. The zero-order valence-corrected chi connectivity index (χ0v) is 22.4. The standard InChI is InChI=1S/C29H59NO3/c1-3-5-7-8-9-10-11-12-13-14-15-16-17-18-19-20-21-23-25-29(33)30-27(26-31)28(32)24-22-6-4-2/h27-28,31-32H,3-26H2,1-2H3,(H,30,33). The molecule has 2 unspecified atom stereocenters. The highest BCUT2D eigenvalue weighted by molar-refractivity contribution is 5.76. The maximum Gasteiger partial charge on any atom is 0.220 e. The van der Waals surface area contributed by atoms with Crippen LogP contribution < -0.4 is 5.32 Å². The minimum Gasteiger partial charge on any atom is -0.394 e. The monoisotopic (exact) mass is 469 g/mol. The number of nitrogens with one attached hydrogen (secondary N) is 1. The maximum absolute atomic E-state index is 12.1. The number of carbonyl (C=O) groups excluding carboxylic acids is 1. The van der Waals surface area contributed by atoms with Gasteiger partial charge in [0.2, 0.25) is 5.91 Å². The van der Waals surface area contributed by atoms with Crippen LogP contribution in [0.5, 0.6) is 0 Å². The van der Waals surface area contributed by atoms with Gasteiger partial charge < -0.3 is 15.5 Å². The average Bonchev–Trinajstić information content (AvgIpc) is 2.81. The van der Waals surface area contributed by atoms with Crippen LogP contribution in [0.2, 0.25) is 0 Å². The highest BCUT2D eigenvalue weighted by Crippen LogP contribution is 2.15. The summed E-state index contributed by atoms with van der Waals surface area (Å²) in [5.74, 6) is -0.0416. The summed E-state index contributed by atoms with van der Waals surface area (Å²) in [5, 5.41) is 22.4. The van der Waals surface area contributed by atoms with Gasteiger partial charge in [-0.2, -0.15) is 0 Å². The summed E-state index contributed by atoms with van der Waals surface area (Å²) in [7, 11) is 0. The lowest BCUT2D eigenvalue weighted by Gasteiger charge is -2.22. The molecule has 3 N–H and O–H groups in total. The number of rotatable bonds is 26. The van der Waals surface area contributed by atoms with Crippen molar-refractivity contribution in [2.75, 3.05) is 6.61 Å². The van der Waals surface area contributed by atoms with E-state index in [1.54, 1.807) is 0 Å². The number of hydrogen-bond acceptors (Lipinski definition) is 3. The van der Waals surface area contributed by atoms with Gasteiger partial charge in [0.1, 0.15) is 0 Å². The van der Waals surface area contributed by atoms with Crippen molar-refractivity contribution in [2.24, 2.45) is 0 Å². The van der Waals surface area contributed by atoms with E-state index < -0.39 is 12.1 Å². The number of carbonyl (C=O) groups is 1. The van der Waals surface area contributed by atoms with Crippen LogP contribution in [0, 0.1) is 0 Å². The molecular formula is C29H59NO3. The van der Waals surface area contributed by atoms with E-state index in [1.807, 2.05) is 0 Å². The van der Waals surface area contributed by atoms with E-state index in [1.165, 1.54) is 103 Å².